The zero-order valence-electron chi connectivity index (χ0n) is 17.3. The van der Waals surface area contributed by atoms with Gasteiger partial charge in [0.2, 0.25) is 15.9 Å². The highest BCUT2D eigenvalue weighted by molar-refractivity contribution is 7.89. The molecule has 3 heterocycles. The Hall–Kier alpha value is -3.57. The topological polar surface area (TPSA) is 97.3 Å². The lowest BCUT2D eigenvalue weighted by molar-refractivity contribution is 0.424. The van der Waals surface area contributed by atoms with Gasteiger partial charge in [-0.05, 0) is 24.3 Å². The molecule has 4 rings (SSSR count). The maximum Gasteiger partial charge on any atom is 0.274 e. The number of aryl methyl sites for hydroxylation is 1. The first kappa shape index (κ1) is 21.7. The van der Waals surface area contributed by atoms with E-state index in [0.29, 0.717) is 22.5 Å². The maximum absolute atomic E-state index is 14.2. The van der Waals surface area contributed by atoms with Gasteiger partial charge in [0.05, 0.1) is 6.20 Å². The summed E-state index contributed by atoms with van der Waals surface area (Å²) in [7, 11) is 0.446. The van der Waals surface area contributed by atoms with Gasteiger partial charge in [-0.15, -0.1) is 0 Å². The molecule has 0 bridgehead atoms. The van der Waals surface area contributed by atoms with Crippen molar-refractivity contribution in [2.45, 2.75) is 4.90 Å². The molecule has 0 saturated heterocycles. The number of benzene rings is 1. The number of aromatic amines is 1. The summed E-state index contributed by atoms with van der Waals surface area (Å²) >= 11 is 0. The van der Waals surface area contributed by atoms with Crippen molar-refractivity contribution in [3.05, 3.63) is 70.9 Å². The number of nitrogens with one attached hydrogen (secondary N) is 1. The zero-order chi connectivity index (χ0) is 23.2. The summed E-state index contributed by atoms with van der Waals surface area (Å²) < 4.78 is 60.9. The van der Waals surface area contributed by atoms with Crippen molar-refractivity contribution in [3.63, 3.8) is 0 Å². The van der Waals surface area contributed by atoms with E-state index in [-0.39, 0.29) is 27.6 Å². The number of sulfonamides is 1. The molecule has 0 aliphatic heterocycles. The van der Waals surface area contributed by atoms with Gasteiger partial charge in [0.25, 0.3) is 5.56 Å². The van der Waals surface area contributed by atoms with E-state index in [4.69, 9.17) is 4.74 Å². The van der Waals surface area contributed by atoms with Gasteiger partial charge in [0, 0.05) is 56.1 Å². The lowest BCUT2D eigenvalue weighted by Gasteiger charge is -2.16. The number of fused-ring (bicyclic) bond motifs is 1. The number of halogens is 2. The second-order valence-electron chi connectivity index (χ2n) is 7.21. The van der Waals surface area contributed by atoms with Crippen LogP contribution in [0.25, 0.3) is 22.0 Å². The molecule has 1 N–H and O–H groups in total. The summed E-state index contributed by atoms with van der Waals surface area (Å²) in [5.41, 5.74) is 0.650. The predicted octanol–water partition coefficient (Wildman–Crippen LogP) is 3.25. The number of ether oxygens (including phenoxy) is 1. The van der Waals surface area contributed by atoms with Crippen LogP contribution in [0.4, 0.5) is 8.78 Å². The molecule has 0 amide bonds. The number of aromatic nitrogens is 3. The summed E-state index contributed by atoms with van der Waals surface area (Å²) in [5, 5.41) is 0.499. The Bertz CT molecular complexity index is 1510. The molecule has 0 saturated carbocycles. The first-order valence-corrected chi connectivity index (χ1v) is 10.8. The average Bonchev–Trinajstić information content (AvgIpc) is 3.23. The second kappa shape index (κ2) is 7.84. The van der Waals surface area contributed by atoms with Crippen LogP contribution in [0.3, 0.4) is 0 Å². The zero-order valence-corrected chi connectivity index (χ0v) is 18.1. The second-order valence-corrected chi connectivity index (χ2v) is 9.36. The van der Waals surface area contributed by atoms with Crippen LogP contribution < -0.4 is 10.3 Å². The minimum Gasteiger partial charge on any atom is -0.435 e. The van der Waals surface area contributed by atoms with E-state index in [9.17, 15) is 22.0 Å². The van der Waals surface area contributed by atoms with Gasteiger partial charge in [-0.1, -0.05) is 0 Å². The monoisotopic (exact) mass is 460 g/mol. The quantitative estimate of drug-likeness (QED) is 0.493. The fourth-order valence-electron chi connectivity index (χ4n) is 3.20. The Morgan fingerprint density at radius 1 is 1.12 bits per heavy atom. The average molecular weight is 460 g/mol. The van der Waals surface area contributed by atoms with Gasteiger partial charge in [-0.3, -0.25) is 4.79 Å². The lowest BCUT2D eigenvalue weighted by Crippen LogP contribution is -2.22. The maximum atomic E-state index is 14.2. The molecule has 11 heteroatoms. The number of nitrogens with zero attached hydrogens (tertiary/aromatic N) is 3. The Balaban J connectivity index is 1.99. The summed E-state index contributed by atoms with van der Waals surface area (Å²) in [6, 6.07) is 5.79. The normalized spacial score (nSPS) is 11.9. The van der Waals surface area contributed by atoms with E-state index in [2.05, 4.69) is 9.97 Å². The molecular formula is C21H18F2N4O4S. The fourth-order valence-corrected chi connectivity index (χ4v) is 4.08. The van der Waals surface area contributed by atoms with Crippen molar-refractivity contribution < 1.29 is 21.9 Å². The van der Waals surface area contributed by atoms with Crippen molar-refractivity contribution in [1.29, 1.82) is 0 Å². The molecular weight excluding hydrogens is 442 g/mol. The van der Waals surface area contributed by atoms with E-state index in [1.165, 1.54) is 30.9 Å². The van der Waals surface area contributed by atoms with Gasteiger partial charge < -0.3 is 14.3 Å². The largest absolute Gasteiger partial charge is 0.435 e. The Morgan fingerprint density at radius 2 is 1.88 bits per heavy atom. The summed E-state index contributed by atoms with van der Waals surface area (Å²) in [6.07, 6.45) is 4.17. The molecule has 4 aromatic rings. The predicted molar refractivity (Wildman–Crippen MR) is 114 cm³/mol. The van der Waals surface area contributed by atoms with Gasteiger partial charge >= 0.3 is 0 Å². The van der Waals surface area contributed by atoms with Crippen LogP contribution in [-0.4, -0.2) is 41.4 Å². The minimum atomic E-state index is -3.85. The fraction of sp³-hybridized carbons (Fsp3) is 0.143. The molecule has 0 radical (unpaired) electrons. The molecule has 0 fully saturated rings. The molecule has 3 aromatic heterocycles. The van der Waals surface area contributed by atoms with Crippen molar-refractivity contribution in [2.24, 2.45) is 7.05 Å². The third kappa shape index (κ3) is 3.65. The third-order valence-corrected chi connectivity index (χ3v) is 6.67. The molecule has 32 heavy (non-hydrogen) atoms. The minimum absolute atomic E-state index is 0.116. The van der Waals surface area contributed by atoms with E-state index < -0.39 is 21.7 Å². The molecule has 1 aromatic carbocycles. The SMILES string of the molecule is CN(C)S(=O)(=O)c1cnc(Oc2ccc(F)cc2F)c(-c2cn(C)c(=O)c3[nH]ccc23)c1. The van der Waals surface area contributed by atoms with Crippen LogP contribution in [0, 0.1) is 11.6 Å². The first-order valence-electron chi connectivity index (χ1n) is 9.32. The highest BCUT2D eigenvalue weighted by atomic mass is 32.2. The van der Waals surface area contributed by atoms with Crippen molar-refractivity contribution >= 4 is 20.9 Å². The van der Waals surface area contributed by atoms with Crippen LogP contribution in [0.1, 0.15) is 0 Å². The molecule has 166 valence electrons. The number of hydrogen-bond acceptors (Lipinski definition) is 5. The Kier molecular flexibility index (Phi) is 5.31. The van der Waals surface area contributed by atoms with Crippen LogP contribution in [0.15, 0.2) is 58.6 Å². The molecule has 0 aliphatic carbocycles. The summed E-state index contributed by atoms with van der Waals surface area (Å²) in [5.74, 6) is -2.13. The van der Waals surface area contributed by atoms with Gasteiger partial charge in [-0.2, -0.15) is 0 Å². The standard InChI is InChI=1S/C21H18F2N4O4S/c1-26(2)32(29,30)13-9-15(16-11-27(3)21(28)19-14(16)6-7-24-19)20(25-10-13)31-18-5-4-12(22)8-17(18)23/h4-11,24H,1-3H3. The number of rotatable bonds is 5. The lowest BCUT2D eigenvalue weighted by atomic mass is 10.1. The first-order chi connectivity index (χ1) is 15.1. The van der Waals surface area contributed by atoms with E-state index in [1.54, 1.807) is 19.3 Å². The molecule has 0 atom stereocenters. The smallest absolute Gasteiger partial charge is 0.274 e. The Morgan fingerprint density at radius 3 is 2.56 bits per heavy atom. The van der Waals surface area contributed by atoms with Crippen molar-refractivity contribution in [3.8, 4) is 22.8 Å². The number of H-pyrrole nitrogens is 1. The molecule has 0 aliphatic rings. The summed E-state index contributed by atoms with van der Waals surface area (Å²) in [6.45, 7) is 0. The molecule has 0 spiro atoms. The van der Waals surface area contributed by atoms with Gasteiger partial charge in [0.15, 0.2) is 11.6 Å². The van der Waals surface area contributed by atoms with E-state index >= 15 is 0 Å². The highest BCUT2D eigenvalue weighted by Crippen LogP contribution is 2.37. The van der Waals surface area contributed by atoms with Crippen LogP contribution in [0.5, 0.6) is 11.6 Å². The van der Waals surface area contributed by atoms with Gasteiger partial charge in [0.1, 0.15) is 16.2 Å². The number of hydrogen-bond donors (Lipinski definition) is 1. The van der Waals surface area contributed by atoms with Gasteiger partial charge in [-0.25, -0.2) is 26.5 Å². The van der Waals surface area contributed by atoms with Crippen LogP contribution in [0.2, 0.25) is 0 Å². The van der Waals surface area contributed by atoms with Crippen LogP contribution in [-0.2, 0) is 17.1 Å². The third-order valence-electron chi connectivity index (χ3n) is 4.89. The Labute approximate surface area is 181 Å². The van der Waals surface area contributed by atoms with E-state index in [0.717, 1.165) is 22.6 Å². The molecule has 8 nitrogen and oxygen atoms in total. The summed E-state index contributed by atoms with van der Waals surface area (Å²) in [4.78, 5) is 19.3. The highest BCUT2D eigenvalue weighted by Gasteiger charge is 2.23. The van der Waals surface area contributed by atoms with Crippen molar-refractivity contribution in [1.82, 2.24) is 18.8 Å². The van der Waals surface area contributed by atoms with E-state index in [1.807, 2.05) is 0 Å². The number of pyridine rings is 2. The molecule has 0 unspecified atom stereocenters. The van der Waals surface area contributed by atoms with Crippen LogP contribution >= 0.6 is 0 Å². The van der Waals surface area contributed by atoms with Crippen molar-refractivity contribution in [2.75, 3.05) is 14.1 Å².